The first-order valence-corrected chi connectivity index (χ1v) is 32.5. The zero-order valence-corrected chi connectivity index (χ0v) is 49.3. The Balaban J connectivity index is 3.47. The zero-order valence-electron chi connectivity index (χ0n) is 49.3. The van der Waals surface area contributed by atoms with Crippen molar-refractivity contribution in [1.82, 2.24) is 5.32 Å². The topological polar surface area (TPSA) is 69.6 Å². The molecule has 0 heterocycles. The monoisotopic (exact) mass is 1030 g/mol. The second-order valence-electron chi connectivity index (χ2n) is 21.8. The van der Waals surface area contributed by atoms with Gasteiger partial charge in [-0.25, -0.2) is 0 Å². The van der Waals surface area contributed by atoms with Crippen LogP contribution in [0.2, 0.25) is 0 Å². The highest BCUT2D eigenvalue weighted by Crippen LogP contribution is 2.17. The third kappa shape index (κ3) is 60.2. The van der Waals surface area contributed by atoms with Crippen molar-refractivity contribution in [2.24, 2.45) is 0 Å². The van der Waals surface area contributed by atoms with E-state index in [2.05, 4.69) is 104 Å². The van der Waals surface area contributed by atoms with E-state index in [0.717, 1.165) is 70.6 Å². The van der Waals surface area contributed by atoms with Gasteiger partial charge < -0.3 is 15.5 Å². The molecule has 0 aliphatic rings. The van der Waals surface area contributed by atoms with E-state index in [0.29, 0.717) is 6.42 Å². The predicted octanol–water partition coefficient (Wildman–Crippen LogP) is 22.0. The number of amides is 1. The first kappa shape index (κ1) is 71.3. The van der Waals surface area contributed by atoms with Crippen LogP contribution < -0.4 is 5.32 Å². The number of hydrogen-bond acceptors (Lipinski definition) is 3. The van der Waals surface area contributed by atoms with Crippen molar-refractivity contribution in [2.75, 3.05) is 6.61 Å². The molecule has 4 nitrogen and oxygen atoms in total. The molecule has 0 fully saturated rings. The van der Waals surface area contributed by atoms with Crippen molar-refractivity contribution < 1.29 is 15.0 Å². The van der Waals surface area contributed by atoms with Crippen LogP contribution in [0.15, 0.2) is 97.2 Å². The van der Waals surface area contributed by atoms with Gasteiger partial charge in [-0.1, -0.05) is 323 Å². The van der Waals surface area contributed by atoms with E-state index in [1.54, 1.807) is 6.08 Å². The van der Waals surface area contributed by atoms with E-state index >= 15 is 0 Å². The Kier molecular flexibility index (Phi) is 62.2. The van der Waals surface area contributed by atoms with E-state index in [9.17, 15) is 15.0 Å². The van der Waals surface area contributed by atoms with Crippen molar-refractivity contribution in [3.63, 3.8) is 0 Å². The molecule has 0 aromatic carbocycles. The van der Waals surface area contributed by atoms with Crippen LogP contribution in [-0.4, -0.2) is 34.9 Å². The molecule has 1 amide bonds. The van der Waals surface area contributed by atoms with Crippen LogP contribution in [0.5, 0.6) is 0 Å². The van der Waals surface area contributed by atoms with Gasteiger partial charge in [0.2, 0.25) is 5.91 Å². The summed E-state index contributed by atoms with van der Waals surface area (Å²) in [5.74, 6) is -0.0745. The SMILES string of the molecule is CC/C=C\C/C=C\C/C=C\C/C=C\C/C=C\CCCCCCCCCCCCCCCCCCCCCCCCCCCC(=O)NC(CO)C(O)/C=C/CC/C=C/CC/C=C/CCCCCCCCCCCCC. The second kappa shape index (κ2) is 64.6. The quantitative estimate of drug-likeness (QED) is 0.0420. The molecule has 0 rings (SSSR count). The van der Waals surface area contributed by atoms with Crippen molar-refractivity contribution in [2.45, 2.75) is 334 Å². The summed E-state index contributed by atoms with van der Waals surface area (Å²) in [5, 5.41) is 23.2. The van der Waals surface area contributed by atoms with E-state index in [-0.39, 0.29) is 12.5 Å². The molecule has 0 radical (unpaired) electrons. The Morgan fingerprint density at radius 1 is 0.338 bits per heavy atom. The summed E-state index contributed by atoms with van der Waals surface area (Å²) < 4.78 is 0. The number of carbonyl (C=O) groups excluding carboxylic acids is 1. The molecule has 4 heteroatoms. The summed E-state index contributed by atoms with van der Waals surface area (Å²) in [6, 6.07) is -0.648. The number of rotatable bonds is 59. The van der Waals surface area contributed by atoms with Crippen LogP contribution in [0.4, 0.5) is 0 Å². The van der Waals surface area contributed by atoms with Gasteiger partial charge in [-0.15, -0.1) is 0 Å². The summed E-state index contributed by atoms with van der Waals surface area (Å²) in [6.45, 7) is 4.20. The fraction of sp³-hybridized carbons (Fsp3) is 0.757. The molecule has 2 atom stereocenters. The first-order valence-electron chi connectivity index (χ1n) is 32.5. The van der Waals surface area contributed by atoms with E-state index in [1.165, 1.54) is 231 Å². The molecule has 0 saturated heterocycles. The van der Waals surface area contributed by atoms with Gasteiger partial charge in [0.05, 0.1) is 18.8 Å². The maximum absolute atomic E-state index is 12.5. The van der Waals surface area contributed by atoms with Gasteiger partial charge in [0.25, 0.3) is 0 Å². The maximum atomic E-state index is 12.5. The lowest BCUT2D eigenvalue weighted by molar-refractivity contribution is -0.123. The van der Waals surface area contributed by atoms with Gasteiger partial charge in [-0.05, 0) is 89.9 Å². The van der Waals surface area contributed by atoms with Crippen LogP contribution in [0.25, 0.3) is 0 Å². The normalized spacial score (nSPS) is 13.4. The highest BCUT2D eigenvalue weighted by Gasteiger charge is 2.18. The van der Waals surface area contributed by atoms with E-state index in [4.69, 9.17) is 0 Å². The maximum Gasteiger partial charge on any atom is 0.220 e. The molecular formula is C70H125NO3. The summed E-state index contributed by atoms with van der Waals surface area (Å²) >= 11 is 0. The Morgan fingerprint density at radius 2 is 0.608 bits per heavy atom. The van der Waals surface area contributed by atoms with Crippen molar-refractivity contribution in [3.8, 4) is 0 Å². The fourth-order valence-corrected chi connectivity index (χ4v) is 9.65. The van der Waals surface area contributed by atoms with Crippen molar-refractivity contribution in [1.29, 1.82) is 0 Å². The first-order chi connectivity index (χ1) is 36.7. The number of unbranched alkanes of at least 4 members (excludes halogenated alkanes) is 38. The number of aliphatic hydroxyl groups excluding tert-OH is 2. The Bertz CT molecular complexity index is 1350. The minimum absolute atomic E-state index is 0.0745. The third-order valence-electron chi connectivity index (χ3n) is 14.5. The highest BCUT2D eigenvalue weighted by molar-refractivity contribution is 5.76. The molecule has 74 heavy (non-hydrogen) atoms. The lowest BCUT2D eigenvalue weighted by Crippen LogP contribution is -2.45. The van der Waals surface area contributed by atoms with Crippen LogP contribution in [0.1, 0.15) is 322 Å². The molecule has 428 valence electrons. The smallest absolute Gasteiger partial charge is 0.220 e. The molecule has 0 saturated carbocycles. The molecule has 0 aromatic rings. The minimum Gasteiger partial charge on any atom is -0.394 e. The van der Waals surface area contributed by atoms with Crippen molar-refractivity contribution in [3.05, 3.63) is 97.2 Å². The molecule has 3 N–H and O–H groups in total. The molecule has 0 aromatic heterocycles. The molecule has 0 aliphatic carbocycles. The number of aliphatic hydroxyl groups is 2. The number of hydrogen-bond donors (Lipinski definition) is 3. The molecule has 0 bridgehead atoms. The van der Waals surface area contributed by atoms with Gasteiger partial charge in [0.15, 0.2) is 0 Å². The lowest BCUT2D eigenvalue weighted by atomic mass is 10.0. The summed E-state index contributed by atoms with van der Waals surface area (Å²) in [4.78, 5) is 12.5. The standard InChI is InChI=1S/C70H125NO3/c1-3-5-7-9-11-13-15-17-19-21-23-25-26-27-28-29-30-31-32-33-34-35-36-37-38-39-40-41-42-43-44-46-48-50-52-54-56-58-60-62-64-66-70(74)71-68(67-72)69(73)65-63-61-59-57-55-53-51-49-47-45-24-22-20-18-16-14-12-10-8-6-4-2/h5,7,11,13,17,19,23,25,27-28,47,49,55,57,63,65,68-69,72-73H,3-4,6,8-10,12,14-16,18,20-22,24,26,29-46,48,50-54,56,58-62,64,66-67H2,1-2H3,(H,71,74)/b7-5-,13-11-,19-17-,25-23-,28-27-,49-47+,57-55+,65-63+. The number of carbonyl (C=O) groups is 1. The van der Waals surface area contributed by atoms with Crippen LogP contribution in [0, 0.1) is 0 Å². The average molecular weight is 1030 g/mol. The predicted molar refractivity (Wildman–Crippen MR) is 331 cm³/mol. The van der Waals surface area contributed by atoms with Crippen LogP contribution in [-0.2, 0) is 4.79 Å². The molecule has 0 aliphatic heterocycles. The highest BCUT2D eigenvalue weighted by atomic mass is 16.3. The van der Waals surface area contributed by atoms with Crippen LogP contribution >= 0.6 is 0 Å². The summed E-state index contributed by atoms with van der Waals surface area (Å²) in [7, 11) is 0. The van der Waals surface area contributed by atoms with Crippen LogP contribution in [0.3, 0.4) is 0 Å². The lowest BCUT2D eigenvalue weighted by Gasteiger charge is -2.19. The number of nitrogens with one attached hydrogen (secondary N) is 1. The Hall–Kier alpha value is -2.69. The fourth-order valence-electron chi connectivity index (χ4n) is 9.65. The van der Waals surface area contributed by atoms with Gasteiger partial charge in [0, 0.05) is 6.42 Å². The second-order valence-corrected chi connectivity index (χ2v) is 21.8. The zero-order chi connectivity index (χ0) is 53.4. The van der Waals surface area contributed by atoms with Gasteiger partial charge in [0.1, 0.15) is 0 Å². The Labute approximate surface area is 462 Å². The molecule has 2 unspecified atom stereocenters. The summed E-state index contributed by atoms with van der Waals surface area (Å²) in [5.41, 5.74) is 0. The van der Waals surface area contributed by atoms with Gasteiger partial charge >= 0.3 is 0 Å². The van der Waals surface area contributed by atoms with Gasteiger partial charge in [-0.3, -0.25) is 4.79 Å². The number of allylic oxidation sites excluding steroid dienone is 15. The average Bonchev–Trinajstić information content (AvgIpc) is 3.40. The van der Waals surface area contributed by atoms with E-state index < -0.39 is 12.1 Å². The molecular weight excluding hydrogens is 903 g/mol. The van der Waals surface area contributed by atoms with Crippen molar-refractivity contribution >= 4 is 5.91 Å². The largest absolute Gasteiger partial charge is 0.394 e. The summed E-state index contributed by atoms with van der Waals surface area (Å²) in [6.07, 6.45) is 96.2. The third-order valence-corrected chi connectivity index (χ3v) is 14.5. The Morgan fingerprint density at radius 3 is 0.946 bits per heavy atom. The minimum atomic E-state index is -0.873. The van der Waals surface area contributed by atoms with E-state index in [1.807, 2.05) is 6.08 Å². The van der Waals surface area contributed by atoms with Gasteiger partial charge in [-0.2, -0.15) is 0 Å². The molecule has 0 spiro atoms.